The Kier molecular flexibility index (Phi) is 9.11. The highest BCUT2D eigenvalue weighted by molar-refractivity contribution is 14.1. The van der Waals surface area contributed by atoms with Crippen molar-refractivity contribution >= 4 is 50.3 Å². The highest BCUT2D eigenvalue weighted by atomic mass is 127. The highest BCUT2D eigenvalue weighted by Crippen LogP contribution is 2.19. The molecule has 0 heterocycles. The number of likely N-dealkylation sites (N-methyl/N-ethyl adjacent to an activating group) is 1. The Morgan fingerprint density at radius 2 is 1.69 bits per heavy atom. The average Bonchev–Trinajstić information content (AvgIpc) is 2.81. The van der Waals surface area contributed by atoms with Gasteiger partial charge in [0.25, 0.3) is 5.91 Å². The van der Waals surface area contributed by atoms with Crippen LogP contribution in [-0.2, 0) is 22.6 Å². The number of nitrogens with one attached hydrogen (secondary N) is 1. The molecule has 0 aliphatic heterocycles. The zero-order valence-electron chi connectivity index (χ0n) is 17.6. The van der Waals surface area contributed by atoms with Gasteiger partial charge < -0.3 is 15.0 Å². The Morgan fingerprint density at radius 3 is 2.34 bits per heavy atom. The van der Waals surface area contributed by atoms with E-state index >= 15 is 0 Å². The summed E-state index contributed by atoms with van der Waals surface area (Å²) in [5.74, 6) is 0.139. The van der Waals surface area contributed by atoms with E-state index in [1.54, 1.807) is 11.9 Å². The van der Waals surface area contributed by atoms with Crippen LogP contribution in [-0.4, -0.2) is 36.4 Å². The van der Waals surface area contributed by atoms with E-state index in [2.05, 4.69) is 43.8 Å². The van der Waals surface area contributed by atoms with Crippen molar-refractivity contribution in [2.24, 2.45) is 0 Å². The largest absolute Gasteiger partial charge is 0.484 e. The monoisotopic (exact) mass is 606 g/mol. The van der Waals surface area contributed by atoms with Crippen LogP contribution in [0.15, 0.2) is 83.3 Å². The zero-order chi connectivity index (χ0) is 22.9. The third-order valence-electron chi connectivity index (χ3n) is 4.94. The second-order valence-corrected chi connectivity index (χ2v) is 9.38. The lowest BCUT2D eigenvalue weighted by Crippen LogP contribution is -2.51. The molecule has 0 radical (unpaired) electrons. The van der Waals surface area contributed by atoms with Crippen molar-refractivity contribution in [3.8, 4) is 5.75 Å². The number of halogens is 2. The Hall–Kier alpha value is -2.39. The summed E-state index contributed by atoms with van der Waals surface area (Å²) in [6.45, 7) is 0.135. The second-order valence-electron chi connectivity index (χ2n) is 7.21. The first-order valence-corrected chi connectivity index (χ1v) is 12.0. The lowest BCUT2D eigenvalue weighted by molar-refractivity contribution is -0.142. The zero-order valence-corrected chi connectivity index (χ0v) is 21.4. The van der Waals surface area contributed by atoms with Gasteiger partial charge in [0.2, 0.25) is 5.91 Å². The normalized spacial score (nSPS) is 11.5. The molecule has 1 atom stereocenters. The lowest BCUT2D eigenvalue weighted by atomic mass is 10.0. The van der Waals surface area contributed by atoms with Crippen molar-refractivity contribution in [3.05, 3.63) is 98.0 Å². The molecule has 0 saturated heterocycles. The van der Waals surface area contributed by atoms with Crippen LogP contribution in [0.25, 0.3) is 0 Å². The average molecular weight is 607 g/mol. The maximum Gasteiger partial charge on any atom is 0.261 e. The molecule has 0 spiro atoms. The van der Waals surface area contributed by atoms with Crippen LogP contribution >= 0.6 is 38.5 Å². The number of hydrogen-bond donors (Lipinski definition) is 1. The molecule has 0 bridgehead atoms. The van der Waals surface area contributed by atoms with E-state index < -0.39 is 6.04 Å². The van der Waals surface area contributed by atoms with E-state index in [1.807, 2.05) is 78.9 Å². The standard InChI is InChI=1S/C25H24BrIN2O3/c1-28-25(31)23(15-18-6-3-2-4-7-18)29(16-19-8-5-9-20(26)14-19)24(30)17-32-22-12-10-21(27)11-13-22/h2-14,23H,15-17H2,1H3,(H,28,31)/t23-/m0/s1. The molecule has 1 N–H and O–H groups in total. The van der Waals surface area contributed by atoms with E-state index in [-0.39, 0.29) is 18.4 Å². The van der Waals surface area contributed by atoms with Crippen LogP contribution in [0.3, 0.4) is 0 Å². The van der Waals surface area contributed by atoms with Crippen molar-refractivity contribution in [2.45, 2.75) is 19.0 Å². The Morgan fingerprint density at radius 1 is 1.00 bits per heavy atom. The lowest BCUT2D eigenvalue weighted by Gasteiger charge is -2.31. The summed E-state index contributed by atoms with van der Waals surface area (Å²) < 4.78 is 7.74. The molecule has 0 aliphatic rings. The molecule has 32 heavy (non-hydrogen) atoms. The van der Waals surface area contributed by atoms with E-state index in [0.29, 0.717) is 18.7 Å². The fourth-order valence-corrected chi connectivity index (χ4v) is 4.12. The molecule has 3 rings (SSSR count). The SMILES string of the molecule is CNC(=O)[C@H](Cc1ccccc1)N(Cc1cccc(Br)c1)C(=O)COc1ccc(I)cc1. The van der Waals surface area contributed by atoms with Crippen molar-refractivity contribution in [1.29, 1.82) is 0 Å². The van der Waals surface area contributed by atoms with E-state index in [9.17, 15) is 9.59 Å². The van der Waals surface area contributed by atoms with Crippen LogP contribution in [0.2, 0.25) is 0 Å². The van der Waals surface area contributed by atoms with Gasteiger partial charge in [0.1, 0.15) is 11.8 Å². The van der Waals surface area contributed by atoms with Gasteiger partial charge >= 0.3 is 0 Å². The molecule has 166 valence electrons. The predicted molar refractivity (Wildman–Crippen MR) is 137 cm³/mol. The van der Waals surface area contributed by atoms with Crippen LogP contribution < -0.4 is 10.1 Å². The molecular formula is C25H24BrIN2O3. The molecule has 0 aromatic heterocycles. The number of ether oxygens (including phenoxy) is 1. The molecule has 0 aliphatic carbocycles. The van der Waals surface area contributed by atoms with E-state index in [4.69, 9.17) is 4.74 Å². The quantitative estimate of drug-likeness (QED) is 0.356. The number of amides is 2. The second kappa shape index (κ2) is 12.0. The van der Waals surface area contributed by atoms with Crippen molar-refractivity contribution in [2.75, 3.05) is 13.7 Å². The minimum atomic E-state index is -0.672. The number of rotatable bonds is 9. The molecule has 0 unspecified atom stereocenters. The smallest absolute Gasteiger partial charge is 0.261 e. The van der Waals surface area contributed by atoms with Crippen molar-refractivity contribution in [3.63, 3.8) is 0 Å². The number of hydrogen-bond acceptors (Lipinski definition) is 3. The fourth-order valence-electron chi connectivity index (χ4n) is 3.31. The molecule has 2 amide bonds. The Balaban J connectivity index is 1.86. The molecular weight excluding hydrogens is 583 g/mol. The first-order chi connectivity index (χ1) is 15.5. The summed E-state index contributed by atoms with van der Waals surface area (Å²) in [6.07, 6.45) is 0.407. The molecule has 5 nitrogen and oxygen atoms in total. The number of benzene rings is 3. The van der Waals surface area contributed by atoms with Gasteiger partial charge in [0.15, 0.2) is 6.61 Å². The van der Waals surface area contributed by atoms with Crippen molar-refractivity contribution in [1.82, 2.24) is 10.2 Å². The summed E-state index contributed by atoms with van der Waals surface area (Å²) in [4.78, 5) is 27.8. The Labute approximate surface area is 210 Å². The van der Waals surface area contributed by atoms with Gasteiger partial charge in [0, 0.05) is 28.1 Å². The van der Waals surface area contributed by atoms with Gasteiger partial charge in [-0.05, 0) is 70.1 Å². The van der Waals surface area contributed by atoms with Gasteiger partial charge in [-0.3, -0.25) is 9.59 Å². The van der Waals surface area contributed by atoms with Crippen molar-refractivity contribution < 1.29 is 14.3 Å². The highest BCUT2D eigenvalue weighted by Gasteiger charge is 2.30. The summed E-state index contributed by atoms with van der Waals surface area (Å²) >= 11 is 5.70. The fraction of sp³-hybridized carbons (Fsp3) is 0.200. The molecule has 0 fully saturated rings. The molecule has 7 heteroatoms. The minimum Gasteiger partial charge on any atom is -0.484 e. The van der Waals surface area contributed by atoms with Crippen LogP contribution in [0, 0.1) is 3.57 Å². The summed E-state index contributed by atoms with van der Waals surface area (Å²) in [7, 11) is 1.59. The summed E-state index contributed by atoms with van der Waals surface area (Å²) in [5.41, 5.74) is 1.90. The maximum atomic E-state index is 13.3. The summed E-state index contributed by atoms with van der Waals surface area (Å²) in [6, 6.07) is 24.2. The topological polar surface area (TPSA) is 58.6 Å². The first kappa shape index (κ1) is 24.3. The Bertz CT molecular complexity index is 1040. The van der Waals surface area contributed by atoms with Gasteiger partial charge in [-0.15, -0.1) is 0 Å². The van der Waals surface area contributed by atoms with Crippen LogP contribution in [0.5, 0.6) is 5.75 Å². The maximum absolute atomic E-state index is 13.3. The number of carbonyl (C=O) groups is 2. The van der Waals surface area contributed by atoms with Gasteiger partial charge in [-0.2, -0.15) is 0 Å². The van der Waals surface area contributed by atoms with Gasteiger partial charge in [-0.25, -0.2) is 0 Å². The predicted octanol–water partition coefficient (Wildman–Crippen LogP) is 4.82. The van der Waals surface area contributed by atoms with E-state index in [1.165, 1.54) is 0 Å². The molecule has 3 aromatic carbocycles. The number of carbonyl (C=O) groups excluding carboxylic acids is 2. The minimum absolute atomic E-state index is 0.156. The van der Waals surface area contributed by atoms with Crippen LogP contribution in [0.1, 0.15) is 11.1 Å². The van der Waals surface area contributed by atoms with Gasteiger partial charge in [-0.1, -0.05) is 58.4 Å². The third kappa shape index (κ3) is 7.06. The molecule has 3 aromatic rings. The van der Waals surface area contributed by atoms with Crippen LogP contribution in [0.4, 0.5) is 0 Å². The first-order valence-electron chi connectivity index (χ1n) is 10.1. The number of nitrogens with zero attached hydrogens (tertiary/aromatic N) is 1. The molecule has 0 saturated carbocycles. The third-order valence-corrected chi connectivity index (χ3v) is 6.15. The van der Waals surface area contributed by atoms with Gasteiger partial charge in [0.05, 0.1) is 0 Å². The summed E-state index contributed by atoms with van der Waals surface area (Å²) in [5, 5.41) is 2.71. The van der Waals surface area contributed by atoms with E-state index in [0.717, 1.165) is 19.2 Å².